The second kappa shape index (κ2) is 4.65. The summed E-state index contributed by atoms with van der Waals surface area (Å²) < 4.78 is 0. The summed E-state index contributed by atoms with van der Waals surface area (Å²) in [4.78, 5) is 18.0. The van der Waals surface area contributed by atoms with Crippen molar-refractivity contribution in [3.8, 4) is 0 Å². The van der Waals surface area contributed by atoms with Crippen molar-refractivity contribution in [3.05, 3.63) is 51.5 Å². The largest absolute Gasteiger partial charge is 0.293 e. The number of pyridine rings is 1. The maximum absolute atomic E-state index is 12.6. The van der Waals surface area contributed by atoms with Gasteiger partial charge >= 0.3 is 0 Å². The Labute approximate surface area is 111 Å². The molecule has 0 amide bonds. The summed E-state index contributed by atoms with van der Waals surface area (Å²) >= 11 is 1.57. The molecule has 2 nitrogen and oxygen atoms in total. The zero-order valence-corrected chi connectivity index (χ0v) is 11.2. The van der Waals surface area contributed by atoms with Gasteiger partial charge in [-0.2, -0.15) is 0 Å². The Morgan fingerprint density at radius 3 is 3.22 bits per heavy atom. The second-order valence-corrected chi connectivity index (χ2v) is 5.55. The lowest BCUT2D eigenvalue weighted by molar-refractivity contribution is 0.0961. The zero-order valence-electron chi connectivity index (χ0n) is 10.3. The summed E-state index contributed by atoms with van der Waals surface area (Å²) in [5, 5.41) is 2.01. The SMILES string of the molecule is CCc1ccsc1C(=O)C1CCc2cccnc21. The number of hydrogen-bond acceptors (Lipinski definition) is 3. The Balaban J connectivity index is 1.96. The Bertz CT molecular complexity index is 588. The van der Waals surface area contributed by atoms with Gasteiger partial charge in [-0.25, -0.2) is 0 Å². The number of aryl methyl sites for hydroxylation is 2. The highest BCUT2D eigenvalue weighted by Gasteiger charge is 2.31. The normalized spacial score (nSPS) is 17.7. The Kier molecular flexibility index (Phi) is 3.00. The van der Waals surface area contributed by atoms with Gasteiger partial charge in [0.1, 0.15) is 0 Å². The van der Waals surface area contributed by atoms with Crippen LogP contribution in [0.3, 0.4) is 0 Å². The molecular formula is C15H15NOS. The number of hydrogen-bond donors (Lipinski definition) is 0. The fraction of sp³-hybridized carbons (Fsp3) is 0.333. The number of nitrogens with zero attached hydrogens (tertiary/aromatic N) is 1. The molecule has 0 radical (unpaired) electrons. The third-order valence-corrected chi connectivity index (χ3v) is 4.60. The molecule has 0 bridgehead atoms. The number of ketones is 1. The fourth-order valence-electron chi connectivity index (χ4n) is 2.66. The van der Waals surface area contributed by atoms with Crippen LogP contribution in [0.2, 0.25) is 0 Å². The van der Waals surface area contributed by atoms with Crippen molar-refractivity contribution in [2.45, 2.75) is 32.1 Å². The number of aromatic nitrogens is 1. The van der Waals surface area contributed by atoms with Crippen molar-refractivity contribution in [2.75, 3.05) is 0 Å². The predicted octanol–water partition coefficient (Wildman–Crippen LogP) is 3.62. The molecule has 1 aliphatic carbocycles. The standard InChI is InChI=1S/C15H15NOS/c1-2-10-7-9-18-15(10)14(17)12-6-5-11-4-3-8-16-13(11)12/h3-4,7-9,12H,2,5-6H2,1H3. The molecule has 1 atom stereocenters. The molecule has 2 heterocycles. The smallest absolute Gasteiger partial charge is 0.182 e. The molecule has 2 aromatic heterocycles. The molecule has 2 aromatic rings. The van der Waals surface area contributed by atoms with Crippen LogP contribution in [0.4, 0.5) is 0 Å². The summed E-state index contributed by atoms with van der Waals surface area (Å²) in [6.45, 7) is 2.10. The fourth-order valence-corrected chi connectivity index (χ4v) is 3.65. The number of Topliss-reactive ketones (excluding diaryl/α,β-unsaturated/α-hetero) is 1. The van der Waals surface area contributed by atoms with Gasteiger partial charge in [0.2, 0.25) is 0 Å². The molecule has 1 aliphatic rings. The van der Waals surface area contributed by atoms with Gasteiger partial charge < -0.3 is 0 Å². The number of carbonyl (C=O) groups is 1. The van der Waals surface area contributed by atoms with Crippen LogP contribution in [-0.4, -0.2) is 10.8 Å². The quantitative estimate of drug-likeness (QED) is 0.786. The second-order valence-electron chi connectivity index (χ2n) is 4.63. The highest BCUT2D eigenvalue weighted by molar-refractivity contribution is 7.12. The van der Waals surface area contributed by atoms with Crippen molar-refractivity contribution < 1.29 is 4.79 Å². The lowest BCUT2D eigenvalue weighted by atomic mass is 9.97. The lowest BCUT2D eigenvalue weighted by Gasteiger charge is -2.09. The molecular weight excluding hydrogens is 242 g/mol. The summed E-state index contributed by atoms with van der Waals surface area (Å²) in [6.07, 6.45) is 4.60. The van der Waals surface area contributed by atoms with Crippen molar-refractivity contribution >= 4 is 17.1 Å². The number of rotatable bonds is 3. The van der Waals surface area contributed by atoms with Crippen LogP contribution in [0, 0.1) is 0 Å². The zero-order chi connectivity index (χ0) is 12.5. The van der Waals surface area contributed by atoms with Gasteiger partial charge in [-0.3, -0.25) is 9.78 Å². The summed E-state index contributed by atoms with van der Waals surface area (Å²) in [5.74, 6) is 0.240. The molecule has 92 valence electrons. The summed E-state index contributed by atoms with van der Waals surface area (Å²) in [6, 6.07) is 6.10. The van der Waals surface area contributed by atoms with Gasteiger partial charge in [0.15, 0.2) is 5.78 Å². The van der Waals surface area contributed by atoms with E-state index < -0.39 is 0 Å². The minimum Gasteiger partial charge on any atom is -0.293 e. The van der Waals surface area contributed by atoms with Crippen LogP contribution in [0.5, 0.6) is 0 Å². The first-order valence-electron chi connectivity index (χ1n) is 6.35. The van der Waals surface area contributed by atoms with E-state index in [0.29, 0.717) is 0 Å². The molecule has 0 spiro atoms. The van der Waals surface area contributed by atoms with Crippen LogP contribution in [0.1, 0.15) is 45.8 Å². The van der Waals surface area contributed by atoms with Gasteiger partial charge in [-0.05, 0) is 47.9 Å². The van der Waals surface area contributed by atoms with Gasteiger partial charge in [0, 0.05) is 6.20 Å². The maximum atomic E-state index is 12.6. The van der Waals surface area contributed by atoms with E-state index in [0.717, 1.165) is 29.8 Å². The molecule has 0 N–H and O–H groups in total. The lowest BCUT2D eigenvalue weighted by Crippen LogP contribution is -2.11. The first-order chi connectivity index (χ1) is 8.81. The van der Waals surface area contributed by atoms with Gasteiger partial charge in [-0.15, -0.1) is 11.3 Å². The minimum atomic E-state index is -0.0230. The molecule has 0 saturated heterocycles. The highest BCUT2D eigenvalue weighted by Crippen LogP contribution is 2.35. The number of fused-ring (bicyclic) bond motifs is 1. The van der Waals surface area contributed by atoms with Crippen LogP contribution in [0.25, 0.3) is 0 Å². The van der Waals surface area contributed by atoms with E-state index in [-0.39, 0.29) is 11.7 Å². The van der Waals surface area contributed by atoms with Crippen molar-refractivity contribution in [2.24, 2.45) is 0 Å². The number of thiophene rings is 1. The van der Waals surface area contributed by atoms with Gasteiger partial charge in [0.05, 0.1) is 16.5 Å². The van der Waals surface area contributed by atoms with E-state index in [1.165, 1.54) is 11.1 Å². The molecule has 18 heavy (non-hydrogen) atoms. The van der Waals surface area contributed by atoms with Gasteiger partial charge in [0.25, 0.3) is 0 Å². The average Bonchev–Trinajstić information content (AvgIpc) is 3.04. The molecule has 0 saturated carbocycles. The first-order valence-corrected chi connectivity index (χ1v) is 7.23. The van der Waals surface area contributed by atoms with E-state index in [9.17, 15) is 4.79 Å². The van der Waals surface area contributed by atoms with E-state index in [2.05, 4.69) is 24.0 Å². The molecule has 0 aliphatic heterocycles. The third kappa shape index (κ3) is 1.79. The topological polar surface area (TPSA) is 30.0 Å². The monoisotopic (exact) mass is 257 g/mol. The van der Waals surface area contributed by atoms with Gasteiger partial charge in [-0.1, -0.05) is 13.0 Å². The first kappa shape index (κ1) is 11.6. The minimum absolute atomic E-state index is 0.0230. The van der Waals surface area contributed by atoms with Crippen LogP contribution in [0.15, 0.2) is 29.8 Å². The highest BCUT2D eigenvalue weighted by atomic mass is 32.1. The van der Waals surface area contributed by atoms with Crippen LogP contribution in [-0.2, 0) is 12.8 Å². The van der Waals surface area contributed by atoms with Crippen LogP contribution >= 0.6 is 11.3 Å². The molecule has 0 fully saturated rings. The molecule has 1 unspecified atom stereocenters. The van der Waals surface area contributed by atoms with E-state index in [1.807, 2.05) is 11.4 Å². The van der Waals surface area contributed by atoms with E-state index >= 15 is 0 Å². The molecule has 3 rings (SSSR count). The van der Waals surface area contributed by atoms with E-state index in [1.54, 1.807) is 17.5 Å². The maximum Gasteiger partial charge on any atom is 0.182 e. The van der Waals surface area contributed by atoms with Crippen molar-refractivity contribution in [3.63, 3.8) is 0 Å². The number of carbonyl (C=O) groups excluding carboxylic acids is 1. The Morgan fingerprint density at radius 1 is 1.50 bits per heavy atom. The molecule has 0 aromatic carbocycles. The average molecular weight is 257 g/mol. The van der Waals surface area contributed by atoms with Crippen LogP contribution < -0.4 is 0 Å². The van der Waals surface area contributed by atoms with Crippen molar-refractivity contribution in [1.29, 1.82) is 0 Å². The summed E-state index contributed by atoms with van der Waals surface area (Å²) in [5.41, 5.74) is 3.41. The third-order valence-electron chi connectivity index (χ3n) is 3.63. The Morgan fingerprint density at radius 2 is 2.39 bits per heavy atom. The molecule has 3 heteroatoms. The summed E-state index contributed by atoms with van der Waals surface area (Å²) in [7, 11) is 0. The van der Waals surface area contributed by atoms with E-state index in [4.69, 9.17) is 0 Å². The predicted molar refractivity (Wildman–Crippen MR) is 73.3 cm³/mol. The van der Waals surface area contributed by atoms with Crippen molar-refractivity contribution in [1.82, 2.24) is 4.98 Å². The Hall–Kier alpha value is -1.48.